The van der Waals surface area contributed by atoms with E-state index in [1.165, 1.54) is 19.8 Å². The van der Waals surface area contributed by atoms with Crippen molar-refractivity contribution in [2.45, 2.75) is 90.9 Å². The first kappa shape index (κ1) is 27.7. The van der Waals surface area contributed by atoms with Crippen molar-refractivity contribution in [1.29, 1.82) is 0 Å². The van der Waals surface area contributed by atoms with E-state index in [1.54, 1.807) is 0 Å². The predicted octanol–water partition coefficient (Wildman–Crippen LogP) is 7.05. The molecule has 30 heavy (non-hydrogen) atoms. The van der Waals surface area contributed by atoms with Gasteiger partial charge in [-0.25, -0.2) is 0 Å². The van der Waals surface area contributed by atoms with Gasteiger partial charge < -0.3 is 4.74 Å². The highest BCUT2D eigenvalue weighted by molar-refractivity contribution is 5.78. The Morgan fingerprint density at radius 2 is 1.53 bits per heavy atom. The highest BCUT2D eigenvalue weighted by Crippen LogP contribution is 2.07. The third kappa shape index (κ3) is 23.7. The van der Waals surface area contributed by atoms with Crippen LogP contribution in [0.5, 0.6) is 0 Å². The van der Waals surface area contributed by atoms with E-state index < -0.39 is 0 Å². The van der Waals surface area contributed by atoms with Gasteiger partial charge in [-0.2, -0.15) is 0 Å². The number of carbonyl (C=O) groups excluding carboxylic acids is 2. The maximum Gasteiger partial charge on any atom is 0.302 e. The number of ether oxygens (including phenoxy) is 1. The molecule has 0 saturated carbocycles. The number of ketones is 1. The van der Waals surface area contributed by atoms with E-state index in [2.05, 4.69) is 49.1 Å². The van der Waals surface area contributed by atoms with Crippen LogP contribution >= 0.6 is 0 Å². The lowest BCUT2D eigenvalue weighted by Gasteiger charge is -2.02. The minimum atomic E-state index is -0.286. The number of carbonyl (C=O) groups is 2. The molecule has 0 aromatic carbocycles. The van der Waals surface area contributed by atoms with Crippen molar-refractivity contribution in [2.75, 3.05) is 6.61 Å². The zero-order valence-corrected chi connectivity index (χ0v) is 19.0. The summed E-state index contributed by atoms with van der Waals surface area (Å²) in [7, 11) is 0. The zero-order chi connectivity index (χ0) is 22.1. The lowest BCUT2D eigenvalue weighted by molar-refractivity contribution is -0.141. The average Bonchev–Trinajstić information content (AvgIpc) is 2.72. The molecule has 3 heteroatoms. The molecule has 3 nitrogen and oxygen atoms in total. The van der Waals surface area contributed by atoms with E-state index in [0.717, 1.165) is 44.9 Å². The zero-order valence-electron chi connectivity index (χ0n) is 19.0. The van der Waals surface area contributed by atoms with E-state index in [9.17, 15) is 9.59 Å². The third-order valence-corrected chi connectivity index (χ3v) is 4.32. The monoisotopic (exact) mass is 412 g/mol. The number of hydrogen-bond donors (Lipinski definition) is 0. The summed E-state index contributed by atoms with van der Waals surface area (Å²) in [5.41, 5.74) is 0. The van der Waals surface area contributed by atoms with Gasteiger partial charge >= 0.3 is 5.97 Å². The average molecular weight is 413 g/mol. The summed E-state index contributed by atoms with van der Waals surface area (Å²) in [5, 5.41) is 0. The highest BCUT2D eigenvalue weighted by Gasteiger charge is 2.02. The summed E-state index contributed by atoms with van der Waals surface area (Å²) in [4.78, 5) is 22.3. The van der Waals surface area contributed by atoms with Gasteiger partial charge in [-0.3, -0.25) is 9.59 Å². The van der Waals surface area contributed by atoms with Crippen molar-refractivity contribution in [3.05, 3.63) is 48.6 Å². The molecule has 0 saturated heterocycles. The summed E-state index contributed by atoms with van der Waals surface area (Å²) in [6.45, 7) is 3.94. The topological polar surface area (TPSA) is 43.4 Å². The van der Waals surface area contributed by atoms with Crippen molar-refractivity contribution >= 4 is 11.8 Å². The van der Waals surface area contributed by atoms with Gasteiger partial charge in [0, 0.05) is 26.2 Å². The Labute approximate surface area is 184 Å². The van der Waals surface area contributed by atoms with Crippen LogP contribution in [0.1, 0.15) is 90.9 Å². The van der Waals surface area contributed by atoms with E-state index in [0.29, 0.717) is 25.9 Å². The van der Waals surface area contributed by atoms with Gasteiger partial charge in [-0.1, -0.05) is 87.0 Å². The Morgan fingerprint density at radius 1 is 0.833 bits per heavy atom. The van der Waals surface area contributed by atoms with Crippen LogP contribution in [0.4, 0.5) is 0 Å². The molecule has 0 N–H and O–H groups in total. The molecule has 0 aliphatic heterocycles. The number of esters is 1. The van der Waals surface area contributed by atoms with Crippen LogP contribution in [0.15, 0.2) is 48.6 Å². The van der Waals surface area contributed by atoms with Crippen LogP contribution in [0.2, 0.25) is 0 Å². The molecule has 0 aliphatic rings. The second-order valence-corrected chi connectivity index (χ2v) is 7.24. The molecule has 0 amide bonds. The minimum absolute atomic E-state index is 0.263. The van der Waals surface area contributed by atoms with Crippen molar-refractivity contribution in [3.63, 3.8) is 0 Å². The lowest BCUT2D eigenvalue weighted by atomic mass is 10.1. The summed E-state index contributed by atoms with van der Waals surface area (Å²) in [5.74, 6) is 6.20. The second-order valence-electron chi connectivity index (χ2n) is 7.24. The molecule has 0 aromatic heterocycles. The number of allylic oxidation sites excluding steroid dienone is 8. The maximum atomic E-state index is 11.7. The van der Waals surface area contributed by atoms with Crippen molar-refractivity contribution < 1.29 is 14.3 Å². The fourth-order valence-corrected chi connectivity index (χ4v) is 2.62. The van der Waals surface area contributed by atoms with Gasteiger partial charge in [0.1, 0.15) is 5.78 Å². The largest absolute Gasteiger partial charge is 0.466 e. The quantitative estimate of drug-likeness (QED) is 0.111. The fourth-order valence-electron chi connectivity index (χ4n) is 2.62. The molecular weight excluding hydrogens is 372 g/mol. The second kappa shape index (κ2) is 22.9. The van der Waals surface area contributed by atoms with Crippen LogP contribution < -0.4 is 0 Å². The Hall–Kier alpha value is -2.34. The Bertz CT molecular complexity index is 612. The first-order valence-corrected chi connectivity index (χ1v) is 11.4. The Balaban J connectivity index is 3.53. The Kier molecular flexibility index (Phi) is 21.2. The molecule has 0 aromatic rings. The summed E-state index contributed by atoms with van der Waals surface area (Å²) >= 11 is 0. The van der Waals surface area contributed by atoms with Crippen molar-refractivity contribution in [2.24, 2.45) is 0 Å². The third-order valence-electron chi connectivity index (χ3n) is 4.32. The van der Waals surface area contributed by atoms with Gasteiger partial charge in [-0.15, -0.1) is 0 Å². The normalized spacial score (nSPS) is 11.5. The maximum absolute atomic E-state index is 11.7. The number of Topliss-reactive ketones (excluding diaryl/α,β-unsaturated/α-hetero) is 1. The van der Waals surface area contributed by atoms with Gasteiger partial charge in [0.05, 0.1) is 6.61 Å². The van der Waals surface area contributed by atoms with Crippen LogP contribution in [0.25, 0.3) is 0 Å². The van der Waals surface area contributed by atoms with Crippen LogP contribution in [-0.2, 0) is 14.3 Å². The minimum Gasteiger partial charge on any atom is -0.466 e. The summed E-state index contributed by atoms with van der Waals surface area (Å²) in [6, 6.07) is 0. The molecule has 0 aliphatic carbocycles. The van der Waals surface area contributed by atoms with E-state index >= 15 is 0 Å². The smallest absolute Gasteiger partial charge is 0.302 e. The van der Waals surface area contributed by atoms with Crippen molar-refractivity contribution in [3.8, 4) is 11.8 Å². The van der Waals surface area contributed by atoms with Crippen LogP contribution in [-0.4, -0.2) is 18.4 Å². The standard InChI is InChI=1S/C27H40O3/c1-3-4-5-6-7-8-9-10-11-12-13-14-15-16-17-18-19-20-21-23-27(29)24-22-25-30-26(2)28/h6-9,11-14H,3-5,10,17-25H2,1-2H3/b7-6-,9-8-,12-11+,14-13+. The van der Waals surface area contributed by atoms with E-state index in [1.807, 2.05) is 18.2 Å². The summed E-state index contributed by atoms with van der Waals surface area (Å²) < 4.78 is 4.82. The van der Waals surface area contributed by atoms with Crippen LogP contribution in [0.3, 0.4) is 0 Å². The molecule has 0 radical (unpaired) electrons. The van der Waals surface area contributed by atoms with E-state index in [-0.39, 0.29) is 11.8 Å². The number of rotatable bonds is 17. The first-order chi connectivity index (χ1) is 14.7. The molecule has 0 fully saturated rings. The SMILES string of the molecule is CCCC/C=C\C=C/C/C=C/C=C/C#CCCCCCCC(=O)CCCOC(C)=O. The fraction of sp³-hybridized carbons (Fsp3) is 0.556. The van der Waals surface area contributed by atoms with E-state index in [4.69, 9.17) is 4.74 Å². The molecule has 0 heterocycles. The molecule has 166 valence electrons. The number of unbranched alkanes of at least 4 members (excludes halogenated alkanes) is 6. The molecule has 0 atom stereocenters. The van der Waals surface area contributed by atoms with Gasteiger partial charge in [0.2, 0.25) is 0 Å². The van der Waals surface area contributed by atoms with Gasteiger partial charge in [0.25, 0.3) is 0 Å². The highest BCUT2D eigenvalue weighted by atomic mass is 16.5. The van der Waals surface area contributed by atoms with Crippen LogP contribution in [0, 0.1) is 11.8 Å². The Morgan fingerprint density at radius 3 is 2.30 bits per heavy atom. The van der Waals surface area contributed by atoms with Gasteiger partial charge in [-0.05, 0) is 38.2 Å². The van der Waals surface area contributed by atoms with Crippen molar-refractivity contribution in [1.82, 2.24) is 0 Å². The first-order valence-electron chi connectivity index (χ1n) is 11.4. The molecule has 0 spiro atoms. The molecule has 0 unspecified atom stereocenters. The summed E-state index contributed by atoms with van der Waals surface area (Å²) in [6.07, 6.45) is 28.1. The molecular formula is C27H40O3. The molecule has 0 rings (SSSR count). The lowest BCUT2D eigenvalue weighted by Crippen LogP contribution is -2.04. The molecule has 0 bridgehead atoms. The van der Waals surface area contributed by atoms with Gasteiger partial charge in [0.15, 0.2) is 0 Å². The number of hydrogen-bond acceptors (Lipinski definition) is 3. The predicted molar refractivity (Wildman–Crippen MR) is 127 cm³/mol.